The zero-order chi connectivity index (χ0) is 13.1. The van der Waals surface area contributed by atoms with E-state index in [4.69, 9.17) is 9.84 Å². The first kappa shape index (κ1) is 13.2. The molecule has 0 saturated heterocycles. The Morgan fingerprint density at radius 2 is 1.82 bits per heavy atom. The van der Waals surface area contributed by atoms with Crippen molar-refractivity contribution < 1.29 is 23.8 Å². The Labute approximate surface area is 98.0 Å². The fourth-order valence-corrected chi connectivity index (χ4v) is 1.16. The standard InChI is InChI=1S/C12H13FO4/c1-12(2,13)7-17-11(16)9-6-4-3-5-8(9)10(14)15/h3-6H,7H2,1-2H3,(H,14,15). The first-order valence-electron chi connectivity index (χ1n) is 4.99. The number of carbonyl (C=O) groups is 2. The van der Waals surface area contributed by atoms with Gasteiger partial charge in [0.05, 0.1) is 11.1 Å². The summed E-state index contributed by atoms with van der Waals surface area (Å²) in [5.41, 5.74) is -1.88. The molecule has 0 unspecified atom stereocenters. The Morgan fingerprint density at radius 3 is 2.29 bits per heavy atom. The van der Waals surface area contributed by atoms with Crippen LogP contribution in [-0.2, 0) is 4.74 Å². The monoisotopic (exact) mass is 240 g/mol. The molecule has 0 amide bonds. The summed E-state index contributed by atoms with van der Waals surface area (Å²) in [5.74, 6) is -2.06. The number of alkyl halides is 1. The van der Waals surface area contributed by atoms with Gasteiger partial charge in [-0.15, -0.1) is 0 Å². The van der Waals surface area contributed by atoms with Crippen molar-refractivity contribution in [3.05, 3.63) is 35.4 Å². The summed E-state index contributed by atoms with van der Waals surface area (Å²) in [6, 6.07) is 5.64. The second-order valence-corrected chi connectivity index (χ2v) is 4.15. The third-order valence-electron chi connectivity index (χ3n) is 1.92. The van der Waals surface area contributed by atoms with Crippen LogP contribution in [-0.4, -0.2) is 29.3 Å². The molecular weight excluding hydrogens is 227 g/mol. The summed E-state index contributed by atoms with van der Waals surface area (Å²) >= 11 is 0. The highest BCUT2D eigenvalue weighted by atomic mass is 19.1. The minimum Gasteiger partial charge on any atom is -0.478 e. The molecule has 0 bridgehead atoms. The molecule has 5 heteroatoms. The maximum atomic E-state index is 13.1. The largest absolute Gasteiger partial charge is 0.478 e. The maximum absolute atomic E-state index is 13.1. The van der Waals surface area contributed by atoms with Crippen LogP contribution >= 0.6 is 0 Å². The molecule has 0 heterocycles. The van der Waals surface area contributed by atoms with E-state index in [1.807, 2.05) is 0 Å². The highest BCUT2D eigenvalue weighted by Crippen LogP contribution is 2.13. The third kappa shape index (κ3) is 3.86. The number of ether oxygens (including phenoxy) is 1. The molecule has 0 saturated carbocycles. The Hall–Kier alpha value is -1.91. The van der Waals surface area contributed by atoms with Gasteiger partial charge >= 0.3 is 11.9 Å². The zero-order valence-electron chi connectivity index (χ0n) is 9.57. The average molecular weight is 240 g/mol. The topological polar surface area (TPSA) is 63.6 Å². The van der Waals surface area contributed by atoms with Crippen LogP contribution in [0.4, 0.5) is 4.39 Å². The van der Waals surface area contributed by atoms with E-state index in [1.165, 1.54) is 38.1 Å². The average Bonchev–Trinajstić information content (AvgIpc) is 2.25. The van der Waals surface area contributed by atoms with Crippen LogP contribution in [0.2, 0.25) is 0 Å². The summed E-state index contributed by atoms with van der Waals surface area (Å²) in [7, 11) is 0. The lowest BCUT2D eigenvalue weighted by Crippen LogP contribution is -2.24. The molecule has 17 heavy (non-hydrogen) atoms. The zero-order valence-corrected chi connectivity index (χ0v) is 9.57. The Morgan fingerprint density at radius 1 is 1.29 bits per heavy atom. The molecule has 0 radical (unpaired) electrons. The molecule has 0 fully saturated rings. The molecule has 1 aromatic carbocycles. The van der Waals surface area contributed by atoms with Crippen molar-refractivity contribution in [2.75, 3.05) is 6.61 Å². The Kier molecular flexibility index (Phi) is 3.83. The van der Waals surface area contributed by atoms with E-state index < -0.39 is 24.2 Å². The fourth-order valence-electron chi connectivity index (χ4n) is 1.16. The normalized spacial score (nSPS) is 11.0. The number of carbonyl (C=O) groups excluding carboxylic acids is 1. The number of hydrogen-bond acceptors (Lipinski definition) is 3. The van der Waals surface area contributed by atoms with Crippen LogP contribution in [0.5, 0.6) is 0 Å². The van der Waals surface area contributed by atoms with Gasteiger partial charge in [0.25, 0.3) is 0 Å². The summed E-state index contributed by atoms with van der Waals surface area (Å²) in [6.45, 7) is 2.12. The van der Waals surface area contributed by atoms with Gasteiger partial charge in [-0.1, -0.05) is 12.1 Å². The lowest BCUT2D eigenvalue weighted by atomic mass is 10.1. The van der Waals surface area contributed by atoms with E-state index in [2.05, 4.69) is 0 Å². The van der Waals surface area contributed by atoms with Gasteiger partial charge in [0.15, 0.2) is 0 Å². The fraction of sp³-hybridized carbons (Fsp3) is 0.333. The van der Waals surface area contributed by atoms with E-state index in [-0.39, 0.29) is 11.1 Å². The Balaban J connectivity index is 2.86. The van der Waals surface area contributed by atoms with Gasteiger partial charge in [0.1, 0.15) is 12.3 Å². The van der Waals surface area contributed by atoms with E-state index in [9.17, 15) is 14.0 Å². The second-order valence-electron chi connectivity index (χ2n) is 4.15. The van der Waals surface area contributed by atoms with E-state index in [0.29, 0.717) is 0 Å². The first-order chi connectivity index (χ1) is 7.81. The summed E-state index contributed by atoms with van der Waals surface area (Å²) < 4.78 is 17.8. The summed E-state index contributed by atoms with van der Waals surface area (Å²) in [6.07, 6.45) is 0. The number of benzene rings is 1. The van der Waals surface area contributed by atoms with Crippen LogP contribution in [0.3, 0.4) is 0 Å². The number of aromatic carboxylic acids is 1. The van der Waals surface area contributed by atoms with Crippen LogP contribution in [0.1, 0.15) is 34.6 Å². The minimum absolute atomic E-state index is 0.0794. The molecule has 92 valence electrons. The molecule has 4 nitrogen and oxygen atoms in total. The van der Waals surface area contributed by atoms with Gasteiger partial charge in [0.2, 0.25) is 0 Å². The van der Waals surface area contributed by atoms with Gasteiger partial charge in [0, 0.05) is 0 Å². The molecule has 0 aliphatic heterocycles. The SMILES string of the molecule is CC(C)(F)COC(=O)c1ccccc1C(=O)O. The van der Waals surface area contributed by atoms with Crippen molar-refractivity contribution in [3.8, 4) is 0 Å². The first-order valence-corrected chi connectivity index (χ1v) is 4.99. The number of halogens is 1. The Bertz CT molecular complexity index is 434. The predicted octanol–water partition coefficient (Wildman–Crippen LogP) is 2.29. The van der Waals surface area contributed by atoms with Crippen molar-refractivity contribution in [2.45, 2.75) is 19.5 Å². The highest BCUT2D eigenvalue weighted by Gasteiger charge is 2.21. The number of carboxylic acids is 1. The van der Waals surface area contributed by atoms with Crippen LogP contribution in [0, 0.1) is 0 Å². The van der Waals surface area contributed by atoms with Crippen molar-refractivity contribution in [2.24, 2.45) is 0 Å². The van der Waals surface area contributed by atoms with Gasteiger partial charge in [-0.3, -0.25) is 0 Å². The van der Waals surface area contributed by atoms with E-state index in [0.717, 1.165) is 0 Å². The van der Waals surface area contributed by atoms with Crippen molar-refractivity contribution in [1.82, 2.24) is 0 Å². The van der Waals surface area contributed by atoms with Gasteiger partial charge < -0.3 is 9.84 Å². The van der Waals surface area contributed by atoms with E-state index >= 15 is 0 Å². The molecular formula is C12H13FO4. The molecule has 1 rings (SSSR count). The number of esters is 1. The van der Waals surface area contributed by atoms with Crippen molar-refractivity contribution in [3.63, 3.8) is 0 Å². The van der Waals surface area contributed by atoms with Crippen LogP contribution < -0.4 is 0 Å². The maximum Gasteiger partial charge on any atom is 0.339 e. The smallest absolute Gasteiger partial charge is 0.339 e. The van der Waals surface area contributed by atoms with Crippen LogP contribution in [0.25, 0.3) is 0 Å². The quantitative estimate of drug-likeness (QED) is 0.820. The summed E-state index contributed by atoms with van der Waals surface area (Å²) in [4.78, 5) is 22.4. The van der Waals surface area contributed by atoms with Crippen molar-refractivity contribution >= 4 is 11.9 Å². The lowest BCUT2D eigenvalue weighted by Gasteiger charge is -2.14. The lowest BCUT2D eigenvalue weighted by molar-refractivity contribution is 0.0248. The number of rotatable bonds is 4. The predicted molar refractivity (Wildman–Crippen MR) is 58.9 cm³/mol. The number of hydrogen-bond donors (Lipinski definition) is 1. The van der Waals surface area contributed by atoms with Crippen molar-refractivity contribution in [1.29, 1.82) is 0 Å². The minimum atomic E-state index is -1.65. The van der Waals surface area contributed by atoms with E-state index in [1.54, 1.807) is 0 Å². The highest BCUT2D eigenvalue weighted by molar-refractivity contribution is 6.02. The molecule has 0 spiro atoms. The molecule has 1 N–H and O–H groups in total. The molecule has 0 aliphatic carbocycles. The van der Waals surface area contributed by atoms with Gasteiger partial charge in [-0.25, -0.2) is 14.0 Å². The molecule has 0 atom stereocenters. The third-order valence-corrected chi connectivity index (χ3v) is 1.92. The molecule has 0 aliphatic rings. The molecule has 0 aromatic heterocycles. The van der Waals surface area contributed by atoms with Gasteiger partial charge in [-0.05, 0) is 26.0 Å². The summed E-state index contributed by atoms with van der Waals surface area (Å²) in [5, 5.41) is 8.86. The van der Waals surface area contributed by atoms with Gasteiger partial charge in [-0.2, -0.15) is 0 Å². The molecule has 1 aromatic rings. The number of carboxylic acid groups (broad SMARTS) is 1. The second kappa shape index (κ2) is 4.95. The van der Waals surface area contributed by atoms with Crippen LogP contribution in [0.15, 0.2) is 24.3 Å².